The Morgan fingerprint density at radius 2 is 1.88 bits per heavy atom. The summed E-state index contributed by atoms with van der Waals surface area (Å²) in [6.07, 6.45) is 0. The van der Waals surface area contributed by atoms with E-state index in [-0.39, 0.29) is 0 Å². The molecule has 0 aliphatic rings. The first-order valence-corrected chi connectivity index (χ1v) is 5.18. The van der Waals surface area contributed by atoms with E-state index < -0.39 is 0 Å². The van der Waals surface area contributed by atoms with Crippen LogP contribution in [0.15, 0.2) is 42.5 Å². The van der Waals surface area contributed by atoms with Gasteiger partial charge in [-0.1, -0.05) is 18.2 Å². The highest BCUT2D eigenvalue weighted by Gasteiger charge is 1.98. The van der Waals surface area contributed by atoms with Gasteiger partial charge in [-0.3, -0.25) is 0 Å². The molecule has 0 amide bonds. The number of nitrogens with zero attached hydrogens (tertiary/aromatic N) is 1. The maximum absolute atomic E-state index is 5.61. The lowest BCUT2D eigenvalue weighted by molar-refractivity contribution is 0.461. The fourth-order valence-electron chi connectivity index (χ4n) is 1.39. The van der Waals surface area contributed by atoms with Crippen LogP contribution in [0.25, 0.3) is 0 Å². The topological polar surface area (TPSA) is 48.1 Å². The molecule has 1 aromatic carbocycles. The summed E-state index contributed by atoms with van der Waals surface area (Å²) in [6.45, 7) is 2.48. The number of aryl methyl sites for hydroxylation is 1. The molecular weight excluding hydrogens is 200 g/mol. The molecule has 0 aliphatic carbocycles. The van der Waals surface area contributed by atoms with Crippen molar-refractivity contribution in [1.82, 2.24) is 4.98 Å². The van der Waals surface area contributed by atoms with Crippen LogP contribution in [0.4, 0.5) is 0 Å². The zero-order valence-corrected chi connectivity index (χ0v) is 9.18. The fraction of sp³-hybridized carbons (Fsp3) is 0.154. The predicted octanol–water partition coefficient (Wildman–Crippen LogP) is 2.64. The fourth-order valence-corrected chi connectivity index (χ4v) is 1.39. The molecule has 82 valence electrons. The Bertz CT molecular complexity index is 466. The second kappa shape index (κ2) is 4.77. The number of ether oxygens (including phenoxy) is 1. The van der Waals surface area contributed by atoms with Gasteiger partial charge < -0.3 is 10.5 Å². The van der Waals surface area contributed by atoms with Gasteiger partial charge in [-0.05, 0) is 30.7 Å². The van der Waals surface area contributed by atoms with Crippen molar-refractivity contribution in [2.24, 2.45) is 5.73 Å². The van der Waals surface area contributed by atoms with Gasteiger partial charge in [0.05, 0.1) is 0 Å². The monoisotopic (exact) mass is 214 g/mol. The van der Waals surface area contributed by atoms with Gasteiger partial charge in [0, 0.05) is 18.3 Å². The van der Waals surface area contributed by atoms with Gasteiger partial charge >= 0.3 is 0 Å². The van der Waals surface area contributed by atoms with E-state index in [1.54, 1.807) is 0 Å². The zero-order valence-electron chi connectivity index (χ0n) is 9.18. The lowest BCUT2D eigenvalue weighted by Gasteiger charge is -2.05. The number of hydrogen-bond donors (Lipinski definition) is 1. The molecule has 3 nitrogen and oxygen atoms in total. The number of rotatable bonds is 3. The SMILES string of the molecule is Cc1cccc(Oc2ccc(CN)cc2)n1. The third kappa shape index (κ3) is 2.58. The smallest absolute Gasteiger partial charge is 0.219 e. The Hall–Kier alpha value is -1.87. The summed E-state index contributed by atoms with van der Waals surface area (Å²) < 4.78 is 5.61. The van der Waals surface area contributed by atoms with Gasteiger partial charge in [0.15, 0.2) is 0 Å². The molecule has 1 aromatic heterocycles. The van der Waals surface area contributed by atoms with Crippen LogP contribution >= 0.6 is 0 Å². The molecule has 3 heteroatoms. The van der Waals surface area contributed by atoms with Crippen molar-refractivity contribution >= 4 is 0 Å². The van der Waals surface area contributed by atoms with E-state index in [0.29, 0.717) is 12.4 Å². The minimum Gasteiger partial charge on any atom is -0.439 e. The van der Waals surface area contributed by atoms with E-state index in [1.165, 1.54) is 0 Å². The van der Waals surface area contributed by atoms with Crippen molar-refractivity contribution in [2.45, 2.75) is 13.5 Å². The number of nitrogens with two attached hydrogens (primary N) is 1. The molecule has 2 aromatic rings. The first-order chi connectivity index (χ1) is 7.78. The molecule has 0 fully saturated rings. The van der Waals surface area contributed by atoms with Crippen molar-refractivity contribution in [2.75, 3.05) is 0 Å². The summed E-state index contributed by atoms with van der Waals surface area (Å²) in [5.74, 6) is 1.38. The average molecular weight is 214 g/mol. The summed E-state index contributed by atoms with van der Waals surface area (Å²) in [5, 5.41) is 0. The molecule has 0 atom stereocenters. The molecule has 0 saturated heterocycles. The van der Waals surface area contributed by atoms with Gasteiger partial charge in [-0.25, -0.2) is 4.98 Å². The summed E-state index contributed by atoms with van der Waals surface area (Å²) in [6, 6.07) is 13.4. The van der Waals surface area contributed by atoms with E-state index in [9.17, 15) is 0 Å². The minimum atomic E-state index is 0.545. The summed E-state index contributed by atoms with van der Waals surface area (Å²) in [4.78, 5) is 4.26. The van der Waals surface area contributed by atoms with Crippen LogP contribution in [0.2, 0.25) is 0 Å². The van der Waals surface area contributed by atoms with Crippen molar-refractivity contribution in [1.29, 1.82) is 0 Å². The van der Waals surface area contributed by atoms with Crippen LogP contribution in [0, 0.1) is 6.92 Å². The van der Waals surface area contributed by atoms with E-state index in [0.717, 1.165) is 17.0 Å². The van der Waals surface area contributed by atoms with Crippen molar-refractivity contribution in [3.8, 4) is 11.6 Å². The molecule has 0 aliphatic heterocycles. The molecule has 0 radical (unpaired) electrons. The molecule has 2 N–H and O–H groups in total. The Morgan fingerprint density at radius 3 is 2.50 bits per heavy atom. The second-order valence-electron chi connectivity index (χ2n) is 3.57. The van der Waals surface area contributed by atoms with E-state index in [4.69, 9.17) is 10.5 Å². The predicted molar refractivity (Wildman–Crippen MR) is 63.4 cm³/mol. The first-order valence-electron chi connectivity index (χ1n) is 5.18. The Labute approximate surface area is 94.9 Å². The van der Waals surface area contributed by atoms with E-state index in [2.05, 4.69) is 4.98 Å². The molecule has 0 unspecified atom stereocenters. The normalized spacial score (nSPS) is 10.1. The summed E-state index contributed by atoms with van der Waals surface area (Å²) in [7, 11) is 0. The molecular formula is C13H14N2O. The number of pyridine rings is 1. The van der Waals surface area contributed by atoms with Crippen LogP contribution in [-0.4, -0.2) is 4.98 Å². The van der Waals surface area contributed by atoms with Crippen molar-refractivity contribution in [3.05, 3.63) is 53.7 Å². The van der Waals surface area contributed by atoms with Crippen LogP contribution < -0.4 is 10.5 Å². The van der Waals surface area contributed by atoms with Gasteiger partial charge in [0.1, 0.15) is 5.75 Å². The van der Waals surface area contributed by atoms with E-state index >= 15 is 0 Å². The quantitative estimate of drug-likeness (QED) is 0.854. The molecule has 2 rings (SSSR count). The van der Waals surface area contributed by atoms with Crippen LogP contribution in [0.1, 0.15) is 11.3 Å². The third-order valence-corrected chi connectivity index (χ3v) is 2.24. The maximum atomic E-state index is 5.61. The lowest BCUT2D eigenvalue weighted by atomic mass is 10.2. The summed E-state index contributed by atoms with van der Waals surface area (Å²) in [5.41, 5.74) is 7.55. The Morgan fingerprint density at radius 1 is 1.12 bits per heavy atom. The second-order valence-corrected chi connectivity index (χ2v) is 3.57. The Kier molecular flexibility index (Phi) is 3.17. The van der Waals surface area contributed by atoms with Gasteiger partial charge in [0.2, 0.25) is 5.88 Å². The van der Waals surface area contributed by atoms with Gasteiger partial charge in [-0.15, -0.1) is 0 Å². The minimum absolute atomic E-state index is 0.545. The third-order valence-electron chi connectivity index (χ3n) is 2.24. The van der Waals surface area contributed by atoms with E-state index in [1.807, 2.05) is 49.4 Å². The van der Waals surface area contributed by atoms with Crippen molar-refractivity contribution < 1.29 is 4.74 Å². The largest absolute Gasteiger partial charge is 0.439 e. The highest BCUT2D eigenvalue weighted by atomic mass is 16.5. The lowest BCUT2D eigenvalue weighted by Crippen LogP contribution is -1.95. The zero-order chi connectivity index (χ0) is 11.4. The molecule has 0 spiro atoms. The molecule has 16 heavy (non-hydrogen) atoms. The average Bonchev–Trinajstić information content (AvgIpc) is 2.30. The highest BCUT2D eigenvalue weighted by molar-refractivity contribution is 5.30. The van der Waals surface area contributed by atoms with Crippen LogP contribution in [0.3, 0.4) is 0 Å². The Balaban J connectivity index is 2.14. The molecule has 0 saturated carbocycles. The summed E-state index contributed by atoms with van der Waals surface area (Å²) >= 11 is 0. The van der Waals surface area contributed by atoms with Crippen molar-refractivity contribution in [3.63, 3.8) is 0 Å². The van der Waals surface area contributed by atoms with Gasteiger partial charge in [0.25, 0.3) is 0 Å². The standard InChI is InChI=1S/C13H14N2O/c1-10-3-2-4-13(15-10)16-12-7-5-11(9-14)6-8-12/h2-8H,9,14H2,1H3. The highest BCUT2D eigenvalue weighted by Crippen LogP contribution is 2.19. The molecule has 1 heterocycles. The first kappa shape index (κ1) is 10.6. The number of hydrogen-bond acceptors (Lipinski definition) is 3. The van der Waals surface area contributed by atoms with Crippen LogP contribution in [0.5, 0.6) is 11.6 Å². The van der Waals surface area contributed by atoms with Crippen LogP contribution in [-0.2, 0) is 6.54 Å². The number of aromatic nitrogens is 1. The van der Waals surface area contributed by atoms with Gasteiger partial charge in [-0.2, -0.15) is 0 Å². The maximum Gasteiger partial charge on any atom is 0.219 e. The number of benzene rings is 1. The molecule has 0 bridgehead atoms.